The fraction of sp³-hybridized carbons (Fsp3) is 0.333. The van der Waals surface area contributed by atoms with Crippen molar-refractivity contribution in [1.82, 2.24) is 14.7 Å². The van der Waals surface area contributed by atoms with Gasteiger partial charge in [0.15, 0.2) is 5.69 Å². The van der Waals surface area contributed by atoms with Gasteiger partial charge in [-0.15, -0.1) is 0 Å². The molecule has 0 unspecified atom stereocenters. The van der Waals surface area contributed by atoms with Crippen LogP contribution >= 0.6 is 0 Å². The number of carboxylic acids is 1. The van der Waals surface area contributed by atoms with Gasteiger partial charge >= 0.3 is 5.97 Å². The third kappa shape index (κ3) is 2.83. The molecule has 1 aromatic carbocycles. The summed E-state index contributed by atoms with van der Waals surface area (Å²) in [5, 5.41) is 13.6. The van der Waals surface area contributed by atoms with E-state index in [1.54, 1.807) is 17.0 Å². The second kappa shape index (κ2) is 6.38. The number of carboxylic acid groups (broad SMARTS) is 1. The van der Waals surface area contributed by atoms with E-state index in [4.69, 9.17) is 0 Å². The van der Waals surface area contributed by atoms with Crippen LogP contribution in [0, 0.1) is 0 Å². The molecular formula is C15H17N3O4. The molecule has 1 heterocycles. The lowest BCUT2D eigenvalue weighted by Crippen LogP contribution is -2.37. The Kier molecular flexibility index (Phi) is 4.55. The van der Waals surface area contributed by atoms with Crippen LogP contribution in [0.2, 0.25) is 0 Å². The van der Waals surface area contributed by atoms with Crippen LogP contribution in [0.5, 0.6) is 0 Å². The Morgan fingerprint density at radius 1 is 1.18 bits per heavy atom. The zero-order valence-electron chi connectivity index (χ0n) is 12.4. The molecule has 0 radical (unpaired) electrons. The van der Waals surface area contributed by atoms with Gasteiger partial charge in [-0.05, 0) is 19.9 Å². The zero-order chi connectivity index (χ0) is 16.3. The number of aromatic carboxylic acids is 1. The van der Waals surface area contributed by atoms with E-state index in [0.29, 0.717) is 13.1 Å². The topological polar surface area (TPSA) is 92.5 Å². The maximum absolute atomic E-state index is 12.4. The molecule has 0 atom stereocenters. The smallest absolute Gasteiger partial charge is 0.357 e. The van der Waals surface area contributed by atoms with Gasteiger partial charge in [-0.2, -0.15) is 5.10 Å². The highest BCUT2D eigenvalue weighted by molar-refractivity contribution is 6.01. The minimum atomic E-state index is -1.24. The summed E-state index contributed by atoms with van der Waals surface area (Å²) in [4.78, 5) is 37.4. The molecule has 7 nitrogen and oxygen atoms in total. The molecule has 22 heavy (non-hydrogen) atoms. The van der Waals surface area contributed by atoms with Crippen LogP contribution < -0.4 is 5.56 Å². The van der Waals surface area contributed by atoms with E-state index >= 15 is 0 Å². The quantitative estimate of drug-likeness (QED) is 0.888. The Labute approximate surface area is 126 Å². The number of likely N-dealkylation sites (N-methyl/N-ethyl adjacent to an activating group) is 1. The number of carbonyl (C=O) groups excluding carboxylic acids is 1. The molecule has 0 aliphatic carbocycles. The average molecular weight is 303 g/mol. The van der Waals surface area contributed by atoms with Crippen LogP contribution in [0.15, 0.2) is 29.1 Å². The fourth-order valence-electron chi connectivity index (χ4n) is 2.30. The first kappa shape index (κ1) is 15.7. The number of amides is 1. The first-order valence-corrected chi connectivity index (χ1v) is 7.00. The van der Waals surface area contributed by atoms with Gasteiger partial charge in [0.1, 0.15) is 6.54 Å². The minimum Gasteiger partial charge on any atom is -0.476 e. The Bertz CT molecular complexity index is 778. The maximum Gasteiger partial charge on any atom is 0.357 e. The number of nitrogens with zero attached hydrogens (tertiary/aromatic N) is 3. The molecule has 1 N–H and O–H groups in total. The first-order chi connectivity index (χ1) is 10.5. The van der Waals surface area contributed by atoms with Crippen molar-refractivity contribution >= 4 is 22.6 Å². The Balaban J connectivity index is 2.55. The fourth-order valence-corrected chi connectivity index (χ4v) is 2.30. The summed E-state index contributed by atoms with van der Waals surface area (Å²) in [5.74, 6) is -1.51. The number of hydrogen-bond acceptors (Lipinski definition) is 4. The molecule has 0 bridgehead atoms. The molecule has 2 aromatic rings. The molecule has 0 spiro atoms. The summed E-state index contributed by atoms with van der Waals surface area (Å²) >= 11 is 0. The highest BCUT2D eigenvalue weighted by Crippen LogP contribution is 2.13. The predicted molar refractivity (Wildman–Crippen MR) is 80.9 cm³/mol. The summed E-state index contributed by atoms with van der Waals surface area (Å²) in [6.07, 6.45) is 0. The van der Waals surface area contributed by atoms with E-state index in [0.717, 1.165) is 4.68 Å². The van der Waals surface area contributed by atoms with Crippen LogP contribution in [0.3, 0.4) is 0 Å². The lowest BCUT2D eigenvalue weighted by molar-refractivity contribution is -0.131. The lowest BCUT2D eigenvalue weighted by atomic mass is 10.1. The number of carbonyl (C=O) groups is 2. The van der Waals surface area contributed by atoms with Crippen molar-refractivity contribution in [3.05, 3.63) is 40.3 Å². The van der Waals surface area contributed by atoms with Crippen LogP contribution in [-0.4, -0.2) is 44.8 Å². The highest BCUT2D eigenvalue weighted by Gasteiger charge is 2.18. The second-order valence-electron chi connectivity index (χ2n) is 4.73. The molecule has 116 valence electrons. The highest BCUT2D eigenvalue weighted by atomic mass is 16.4. The van der Waals surface area contributed by atoms with Crippen molar-refractivity contribution in [2.24, 2.45) is 0 Å². The molecule has 0 aliphatic heterocycles. The van der Waals surface area contributed by atoms with E-state index in [1.807, 2.05) is 13.8 Å². The van der Waals surface area contributed by atoms with Crippen LogP contribution in [0.4, 0.5) is 0 Å². The van der Waals surface area contributed by atoms with Gasteiger partial charge in [-0.25, -0.2) is 9.48 Å². The third-order valence-electron chi connectivity index (χ3n) is 3.47. The van der Waals surface area contributed by atoms with E-state index in [2.05, 4.69) is 5.10 Å². The monoisotopic (exact) mass is 303 g/mol. The molecule has 1 aromatic heterocycles. The van der Waals surface area contributed by atoms with Gasteiger partial charge in [0.25, 0.3) is 5.56 Å². The Hall–Kier alpha value is -2.70. The van der Waals surface area contributed by atoms with Gasteiger partial charge in [0, 0.05) is 18.5 Å². The van der Waals surface area contributed by atoms with Gasteiger partial charge in [0.05, 0.1) is 5.39 Å². The number of aromatic nitrogens is 2. The van der Waals surface area contributed by atoms with Crippen molar-refractivity contribution in [2.75, 3.05) is 13.1 Å². The second-order valence-corrected chi connectivity index (χ2v) is 4.73. The minimum absolute atomic E-state index is 0.234. The zero-order valence-corrected chi connectivity index (χ0v) is 12.4. The summed E-state index contributed by atoms with van der Waals surface area (Å²) in [6.45, 7) is 4.43. The van der Waals surface area contributed by atoms with Gasteiger partial charge in [-0.1, -0.05) is 18.2 Å². The summed E-state index contributed by atoms with van der Waals surface area (Å²) in [6, 6.07) is 6.35. The largest absolute Gasteiger partial charge is 0.476 e. The number of benzene rings is 1. The summed E-state index contributed by atoms with van der Waals surface area (Å²) in [5.41, 5.74) is -0.705. The van der Waals surface area contributed by atoms with E-state index < -0.39 is 11.5 Å². The van der Waals surface area contributed by atoms with Crippen LogP contribution in [-0.2, 0) is 11.3 Å². The van der Waals surface area contributed by atoms with Gasteiger partial charge < -0.3 is 10.0 Å². The van der Waals surface area contributed by atoms with Gasteiger partial charge in [0.2, 0.25) is 5.91 Å². The molecular weight excluding hydrogens is 286 g/mol. The normalized spacial score (nSPS) is 10.6. The van der Waals surface area contributed by atoms with Crippen molar-refractivity contribution < 1.29 is 14.7 Å². The number of hydrogen-bond donors (Lipinski definition) is 1. The van der Waals surface area contributed by atoms with Crippen LogP contribution in [0.1, 0.15) is 24.3 Å². The first-order valence-electron chi connectivity index (χ1n) is 7.00. The molecule has 0 aliphatic rings. The Morgan fingerprint density at radius 3 is 2.32 bits per heavy atom. The third-order valence-corrected chi connectivity index (χ3v) is 3.47. The average Bonchev–Trinajstić information content (AvgIpc) is 2.51. The number of rotatable bonds is 5. The van der Waals surface area contributed by atoms with E-state index in [1.165, 1.54) is 12.1 Å². The summed E-state index contributed by atoms with van der Waals surface area (Å²) < 4.78 is 0.923. The lowest BCUT2D eigenvalue weighted by Gasteiger charge is -2.19. The van der Waals surface area contributed by atoms with E-state index in [-0.39, 0.29) is 28.9 Å². The van der Waals surface area contributed by atoms with E-state index in [9.17, 15) is 19.5 Å². The van der Waals surface area contributed by atoms with Gasteiger partial charge in [-0.3, -0.25) is 9.59 Å². The van der Waals surface area contributed by atoms with Crippen LogP contribution in [0.25, 0.3) is 10.8 Å². The van der Waals surface area contributed by atoms with Crippen molar-refractivity contribution in [1.29, 1.82) is 0 Å². The standard InChI is InChI=1S/C15H17N3O4/c1-3-17(4-2)12(19)9-18-14(20)11-8-6-5-7-10(11)13(16-18)15(21)22/h5-8H,3-4,9H2,1-2H3,(H,21,22). The Morgan fingerprint density at radius 2 is 1.77 bits per heavy atom. The molecule has 0 fully saturated rings. The van der Waals surface area contributed by atoms with Crippen molar-refractivity contribution in [3.63, 3.8) is 0 Å². The SMILES string of the molecule is CCN(CC)C(=O)Cn1nc(C(=O)O)c2ccccc2c1=O. The molecule has 0 saturated heterocycles. The molecule has 7 heteroatoms. The molecule has 2 rings (SSSR count). The predicted octanol–water partition coefficient (Wildman–Crippen LogP) is 0.963. The van der Waals surface area contributed by atoms with Crippen molar-refractivity contribution in [2.45, 2.75) is 20.4 Å². The maximum atomic E-state index is 12.4. The molecule has 0 saturated carbocycles. The molecule has 1 amide bonds. The van der Waals surface area contributed by atoms with Crippen molar-refractivity contribution in [3.8, 4) is 0 Å². The number of fused-ring (bicyclic) bond motifs is 1. The summed E-state index contributed by atoms with van der Waals surface area (Å²) in [7, 11) is 0.